The lowest BCUT2D eigenvalue weighted by Crippen LogP contribution is -1.77. The van der Waals surface area contributed by atoms with E-state index in [0.29, 0.717) is 0 Å². The van der Waals surface area contributed by atoms with Crippen LogP contribution in [0.25, 0.3) is 21.2 Å². The molecule has 0 aliphatic carbocycles. The van der Waals surface area contributed by atoms with Gasteiger partial charge in [-0.1, -0.05) is 35.9 Å². The molecule has 84 valence electrons. The quantitative estimate of drug-likeness (QED) is 0.547. The Kier molecular flexibility index (Phi) is 2.49. The third-order valence-corrected chi connectivity index (χ3v) is 4.11. The third kappa shape index (κ3) is 1.98. The summed E-state index contributed by atoms with van der Waals surface area (Å²) in [5.74, 6) is 0. The highest BCUT2D eigenvalue weighted by molar-refractivity contribution is 7.13. The summed E-state index contributed by atoms with van der Waals surface area (Å²) < 4.78 is 0. The SMILES string of the molecule is Cc1csc(-c2ccc3cc(C)ccc3c2)c1. The molecule has 0 bridgehead atoms. The van der Waals surface area contributed by atoms with E-state index in [-0.39, 0.29) is 0 Å². The number of hydrogen-bond donors (Lipinski definition) is 0. The molecule has 0 amide bonds. The maximum Gasteiger partial charge on any atom is 0.0345 e. The maximum atomic E-state index is 2.28. The Hall–Kier alpha value is -1.60. The molecule has 0 aliphatic rings. The smallest absolute Gasteiger partial charge is 0.0345 e. The summed E-state index contributed by atoms with van der Waals surface area (Å²) >= 11 is 1.81. The van der Waals surface area contributed by atoms with Gasteiger partial charge >= 0.3 is 0 Å². The molecule has 3 aromatic rings. The van der Waals surface area contributed by atoms with Gasteiger partial charge in [0.05, 0.1) is 0 Å². The van der Waals surface area contributed by atoms with Gasteiger partial charge in [0.25, 0.3) is 0 Å². The molecule has 0 saturated heterocycles. The molecule has 0 fully saturated rings. The van der Waals surface area contributed by atoms with Crippen molar-refractivity contribution in [2.45, 2.75) is 13.8 Å². The minimum Gasteiger partial charge on any atom is -0.144 e. The van der Waals surface area contributed by atoms with Crippen molar-refractivity contribution in [2.75, 3.05) is 0 Å². The fourth-order valence-electron chi connectivity index (χ4n) is 2.10. The molecule has 0 aliphatic heterocycles. The van der Waals surface area contributed by atoms with E-state index in [9.17, 15) is 0 Å². The van der Waals surface area contributed by atoms with Gasteiger partial charge in [-0.2, -0.15) is 0 Å². The second-order valence-corrected chi connectivity index (χ2v) is 5.46. The number of aryl methyl sites for hydroxylation is 2. The van der Waals surface area contributed by atoms with Crippen LogP contribution in [0, 0.1) is 13.8 Å². The van der Waals surface area contributed by atoms with Crippen molar-refractivity contribution in [3.63, 3.8) is 0 Å². The van der Waals surface area contributed by atoms with Gasteiger partial charge < -0.3 is 0 Å². The molecule has 0 saturated carbocycles. The van der Waals surface area contributed by atoms with Crippen molar-refractivity contribution >= 4 is 22.1 Å². The standard InChI is InChI=1S/C16H14S/c1-11-3-4-14-9-15(6-5-13(14)7-11)16-8-12(2)10-17-16/h3-10H,1-2H3. The molecular formula is C16H14S. The van der Waals surface area contributed by atoms with E-state index < -0.39 is 0 Å². The van der Waals surface area contributed by atoms with Gasteiger partial charge in [-0.05, 0) is 53.3 Å². The van der Waals surface area contributed by atoms with Gasteiger partial charge in [-0.3, -0.25) is 0 Å². The van der Waals surface area contributed by atoms with Crippen molar-refractivity contribution in [3.05, 3.63) is 59.0 Å². The Morgan fingerprint density at radius 1 is 0.765 bits per heavy atom. The van der Waals surface area contributed by atoms with E-state index in [1.165, 1.54) is 32.3 Å². The van der Waals surface area contributed by atoms with Crippen LogP contribution >= 0.6 is 11.3 Å². The molecule has 0 N–H and O–H groups in total. The summed E-state index contributed by atoms with van der Waals surface area (Å²) in [5.41, 5.74) is 3.98. The van der Waals surface area contributed by atoms with Crippen molar-refractivity contribution in [3.8, 4) is 10.4 Å². The van der Waals surface area contributed by atoms with Crippen LogP contribution < -0.4 is 0 Å². The predicted octanol–water partition coefficient (Wildman–Crippen LogP) is 5.19. The molecule has 3 rings (SSSR count). The third-order valence-electron chi connectivity index (χ3n) is 3.01. The maximum absolute atomic E-state index is 2.28. The van der Waals surface area contributed by atoms with E-state index in [2.05, 4.69) is 61.7 Å². The highest BCUT2D eigenvalue weighted by Crippen LogP contribution is 2.29. The molecular weight excluding hydrogens is 224 g/mol. The zero-order chi connectivity index (χ0) is 11.8. The van der Waals surface area contributed by atoms with Crippen molar-refractivity contribution in [2.24, 2.45) is 0 Å². The first-order valence-electron chi connectivity index (χ1n) is 5.78. The minimum atomic E-state index is 1.32. The summed E-state index contributed by atoms with van der Waals surface area (Å²) in [6.07, 6.45) is 0. The van der Waals surface area contributed by atoms with E-state index in [1.807, 2.05) is 11.3 Å². The van der Waals surface area contributed by atoms with Crippen molar-refractivity contribution < 1.29 is 0 Å². The van der Waals surface area contributed by atoms with Gasteiger partial charge in [0.2, 0.25) is 0 Å². The first-order valence-corrected chi connectivity index (χ1v) is 6.66. The van der Waals surface area contributed by atoms with Crippen molar-refractivity contribution in [1.29, 1.82) is 0 Å². The molecule has 0 radical (unpaired) electrons. The zero-order valence-electron chi connectivity index (χ0n) is 10.0. The number of hydrogen-bond acceptors (Lipinski definition) is 1. The van der Waals surface area contributed by atoms with E-state index in [4.69, 9.17) is 0 Å². The lowest BCUT2D eigenvalue weighted by atomic mass is 10.0. The Morgan fingerprint density at radius 3 is 2.29 bits per heavy atom. The highest BCUT2D eigenvalue weighted by atomic mass is 32.1. The second kappa shape index (κ2) is 4.01. The van der Waals surface area contributed by atoms with Crippen LogP contribution in [0.2, 0.25) is 0 Å². The number of fused-ring (bicyclic) bond motifs is 1. The van der Waals surface area contributed by atoms with Gasteiger partial charge in [0.1, 0.15) is 0 Å². The monoisotopic (exact) mass is 238 g/mol. The lowest BCUT2D eigenvalue weighted by Gasteiger charge is -2.02. The van der Waals surface area contributed by atoms with Gasteiger partial charge in [-0.15, -0.1) is 11.3 Å². The van der Waals surface area contributed by atoms with E-state index in [0.717, 1.165) is 0 Å². The zero-order valence-corrected chi connectivity index (χ0v) is 10.8. The second-order valence-electron chi connectivity index (χ2n) is 4.55. The lowest BCUT2D eigenvalue weighted by molar-refractivity contribution is 1.51. The Balaban J connectivity index is 2.16. The molecule has 0 spiro atoms. The van der Waals surface area contributed by atoms with Crippen LogP contribution in [-0.2, 0) is 0 Å². The molecule has 0 unspecified atom stereocenters. The van der Waals surface area contributed by atoms with Crippen molar-refractivity contribution in [1.82, 2.24) is 0 Å². The molecule has 1 aromatic heterocycles. The minimum absolute atomic E-state index is 1.32. The van der Waals surface area contributed by atoms with Crippen LogP contribution in [0.5, 0.6) is 0 Å². The van der Waals surface area contributed by atoms with Crippen LogP contribution in [0.3, 0.4) is 0 Å². The van der Waals surface area contributed by atoms with Crippen LogP contribution in [0.4, 0.5) is 0 Å². The van der Waals surface area contributed by atoms with Crippen LogP contribution in [0.15, 0.2) is 47.8 Å². The summed E-state index contributed by atoms with van der Waals surface area (Å²) in [6, 6.07) is 15.6. The first-order chi connectivity index (χ1) is 8.22. The topological polar surface area (TPSA) is 0 Å². The fraction of sp³-hybridized carbons (Fsp3) is 0.125. The summed E-state index contributed by atoms with van der Waals surface area (Å²) in [7, 11) is 0. The van der Waals surface area contributed by atoms with Gasteiger partial charge in [-0.25, -0.2) is 0 Å². The Labute approximate surface area is 106 Å². The average molecular weight is 238 g/mol. The number of thiophene rings is 1. The highest BCUT2D eigenvalue weighted by Gasteiger charge is 2.02. The number of rotatable bonds is 1. The van der Waals surface area contributed by atoms with Gasteiger partial charge in [0, 0.05) is 4.88 Å². The fourth-order valence-corrected chi connectivity index (χ4v) is 3.00. The molecule has 2 aromatic carbocycles. The molecule has 17 heavy (non-hydrogen) atoms. The number of benzene rings is 2. The van der Waals surface area contributed by atoms with E-state index in [1.54, 1.807) is 0 Å². The summed E-state index contributed by atoms with van der Waals surface area (Å²) in [4.78, 5) is 1.35. The molecule has 0 atom stereocenters. The molecule has 0 nitrogen and oxygen atoms in total. The Bertz CT molecular complexity index is 677. The summed E-state index contributed by atoms with van der Waals surface area (Å²) in [6.45, 7) is 4.28. The van der Waals surface area contributed by atoms with Gasteiger partial charge in [0.15, 0.2) is 0 Å². The molecule has 1 heteroatoms. The molecule has 1 heterocycles. The Morgan fingerprint density at radius 2 is 1.53 bits per heavy atom. The average Bonchev–Trinajstić information content (AvgIpc) is 2.75. The normalized spacial score (nSPS) is 10.9. The summed E-state index contributed by atoms with van der Waals surface area (Å²) in [5, 5.41) is 4.84. The van der Waals surface area contributed by atoms with E-state index >= 15 is 0 Å². The largest absolute Gasteiger partial charge is 0.144 e. The first kappa shape index (κ1) is 10.5. The predicted molar refractivity (Wildman–Crippen MR) is 76.7 cm³/mol. The van der Waals surface area contributed by atoms with Crippen LogP contribution in [-0.4, -0.2) is 0 Å². The van der Waals surface area contributed by atoms with Crippen LogP contribution in [0.1, 0.15) is 11.1 Å².